The van der Waals surface area contributed by atoms with E-state index in [9.17, 15) is 5.11 Å². The summed E-state index contributed by atoms with van der Waals surface area (Å²) in [5.74, 6) is -1.76. The molecule has 6 heteroatoms. The Kier molecular flexibility index (Phi) is 6.31. The van der Waals surface area contributed by atoms with Crippen molar-refractivity contribution in [3.05, 3.63) is 35.9 Å². The number of hydrogen-bond acceptors (Lipinski definition) is 6. The number of benzene rings is 1. The number of rotatable bonds is 8. The molecule has 3 atom stereocenters. The minimum Gasteiger partial charge on any atom is -0.384 e. The van der Waals surface area contributed by atoms with Crippen molar-refractivity contribution >= 4 is 0 Å². The smallest absolute Gasteiger partial charge is 0.310 e. The molecule has 1 aromatic carbocycles. The highest BCUT2D eigenvalue weighted by molar-refractivity contribution is 5.13. The van der Waals surface area contributed by atoms with Crippen molar-refractivity contribution in [3.63, 3.8) is 0 Å². The Balaban J connectivity index is 1.95. The summed E-state index contributed by atoms with van der Waals surface area (Å²) >= 11 is 0. The molecule has 0 spiro atoms. The van der Waals surface area contributed by atoms with E-state index in [0.717, 1.165) is 5.56 Å². The first-order valence-corrected chi connectivity index (χ1v) is 7.23. The lowest BCUT2D eigenvalue weighted by Gasteiger charge is -2.28. The molecule has 1 unspecified atom stereocenters. The highest BCUT2D eigenvalue weighted by Gasteiger charge is 2.56. The third kappa shape index (κ3) is 3.65. The molecule has 1 fully saturated rings. The van der Waals surface area contributed by atoms with Gasteiger partial charge in [0.15, 0.2) is 0 Å². The predicted molar refractivity (Wildman–Crippen MR) is 79.1 cm³/mol. The van der Waals surface area contributed by atoms with E-state index < -0.39 is 12.1 Å². The first kappa shape index (κ1) is 17.3. The molecule has 0 aliphatic carbocycles. The predicted octanol–water partition coefficient (Wildman–Crippen LogP) is 1.17. The Hall–Kier alpha value is -1.02. The van der Waals surface area contributed by atoms with E-state index >= 15 is 0 Å². The average Bonchev–Trinajstić information content (AvgIpc) is 2.82. The fourth-order valence-electron chi connectivity index (χ4n) is 2.67. The summed E-state index contributed by atoms with van der Waals surface area (Å²) in [6, 6.07) is 9.86. The van der Waals surface area contributed by atoms with Gasteiger partial charge >= 0.3 is 5.97 Å². The second-order valence-corrected chi connectivity index (χ2v) is 5.23. The van der Waals surface area contributed by atoms with Crippen LogP contribution in [-0.2, 0) is 30.3 Å². The Morgan fingerprint density at radius 3 is 2.36 bits per heavy atom. The van der Waals surface area contributed by atoms with E-state index in [-0.39, 0.29) is 12.0 Å². The van der Waals surface area contributed by atoms with Crippen molar-refractivity contribution in [1.82, 2.24) is 0 Å². The van der Waals surface area contributed by atoms with Gasteiger partial charge in [-0.2, -0.15) is 0 Å². The van der Waals surface area contributed by atoms with Crippen LogP contribution in [0.1, 0.15) is 5.56 Å². The van der Waals surface area contributed by atoms with E-state index in [1.54, 1.807) is 7.11 Å². The second kappa shape index (κ2) is 8.01. The molecule has 0 amide bonds. The highest BCUT2D eigenvalue weighted by Crippen LogP contribution is 2.37. The zero-order valence-corrected chi connectivity index (χ0v) is 13.2. The molecule has 1 N–H and O–H groups in total. The third-order valence-corrected chi connectivity index (χ3v) is 3.88. The van der Waals surface area contributed by atoms with Gasteiger partial charge in [-0.1, -0.05) is 30.3 Å². The van der Waals surface area contributed by atoms with Crippen LogP contribution in [0.5, 0.6) is 0 Å². The van der Waals surface area contributed by atoms with Crippen LogP contribution < -0.4 is 0 Å². The number of methoxy groups -OCH3 is 3. The molecule has 0 radical (unpaired) electrons. The van der Waals surface area contributed by atoms with Crippen molar-refractivity contribution in [2.75, 3.05) is 34.5 Å². The van der Waals surface area contributed by atoms with E-state index in [1.165, 1.54) is 14.2 Å². The van der Waals surface area contributed by atoms with Crippen LogP contribution in [0.2, 0.25) is 0 Å². The second-order valence-electron chi connectivity index (χ2n) is 5.23. The average molecular weight is 312 g/mol. The molecule has 0 bridgehead atoms. The molecule has 22 heavy (non-hydrogen) atoms. The fourth-order valence-corrected chi connectivity index (χ4v) is 2.67. The van der Waals surface area contributed by atoms with Crippen molar-refractivity contribution in [1.29, 1.82) is 0 Å². The van der Waals surface area contributed by atoms with Crippen LogP contribution in [0.4, 0.5) is 0 Å². The van der Waals surface area contributed by atoms with Gasteiger partial charge in [-0.3, -0.25) is 0 Å². The third-order valence-electron chi connectivity index (χ3n) is 3.88. The van der Waals surface area contributed by atoms with Crippen molar-refractivity contribution in [2.24, 2.45) is 5.92 Å². The Morgan fingerprint density at radius 2 is 1.77 bits per heavy atom. The number of aliphatic hydroxyl groups is 1. The Bertz CT molecular complexity index is 434. The molecule has 1 saturated heterocycles. The minimum absolute atomic E-state index is 0.291. The molecule has 0 saturated carbocycles. The van der Waals surface area contributed by atoms with Crippen LogP contribution in [0.25, 0.3) is 0 Å². The van der Waals surface area contributed by atoms with Crippen LogP contribution in [0.15, 0.2) is 30.3 Å². The Morgan fingerprint density at radius 1 is 1.09 bits per heavy atom. The summed E-state index contributed by atoms with van der Waals surface area (Å²) in [6.07, 6.45) is -1.33. The fraction of sp³-hybridized carbons (Fsp3) is 0.625. The van der Waals surface area contributed by atoms with Gasteiger partial charge in [0, 0.05) is 27.2 Å². The van der Waals surface area contributed by atoms with Crippen molar-refractivity contribution in [3.8, 4) is 0 Å². The molecule has 1 aliphatic heterocycles. The molecule has 1 aliphatic rings. The van der Waals surface area contributed by atoms with Gasteiger partial charge in [0.1, 0.15) is 6.10 Å². The molecule has 2 rings (SSSR count). The summed E-state index contributed by atoms with van der Waals surface area (Å²) in [7, 11) is 4.45. The molecule has 6 nitrogen and oxygen atoms in total. The first-order valence-electron chi connectivity index (χ1n) is 7.23. The van der Waals surface area contributed by atoms with Gasteiger partial charge in [0.05, 0.1) is 25.9 Å². The molecular weight excluding hydrogens is 288 g/mol. The summed E-state index contributed by atoms with van der Waals surface area (Å²) < 4.78 is 27.1. The maximum absolute atomic E-state index is 10.4. The topological polar surface area (TPSA) is 66.4 Å². The highest BCUT2D eigenvalue weighted by atomic mass is 16.9. The van der Waals surface area contributed by atoms with Crippen molar-refractivity contribution < 1.29 is 28.8 Å². The maximum Gasteiger partial charge on any atom is 0.310 e. The van der Waals surface area contributed by atoms with Crippen molar-refractivity contribution in [2.45, 2.75) is 24.8 Å². The largest absolute Gasteiger partial charge is 0.384 e. The SMILES string of the molecule is COC[C@H]1C(O)C(OC)(OC)O[C@@H]1COCc1ccccc1. The van der Waals surface area contributed by atoms with Gasteiger partial charge in [0.2, 0.25) is 0 Å². The van der Waals surface area contributed by atoms with E-state index in [2.05, 4.69) is 0 Å². The Labute approximate surface area is 130 Å². The number of ether oxygens (including phenoxy) is 5. The van der Waals surface area contributed by atoms with E-state index in [1.807, 2.05) is 30.3 Å². The zero-order chi connectivity index (χ0) is 16.0. The van der Waals surface area contributed by atoms with E-state index in [0.29, 0.717) is 19.8 Å². The molecular formula is C16H24O6. The lowest BCUT2D eigenvalue weighted by atomic mass is 9.99. The normalized spacial score (nSPS) is 27.2. The molecule has 1 aromatic rings. The number of aliphatic hydroxyl groups excluding tert-OH is 1. The molecule has 124 valence electrons. The zero-order valence-electron chi connectivity index (χ0n) is 13.2. The van der Waals surface area contributed by atoms with Gasteiger partial charge in [-0.25, -0.2) is 0 Å². The number of hydrogen-bond donors (Lipinski definition) is 1. The van der Waals surface area contributed by atoms with Gasteiger partial charge in [0.25, 0.3) is 0 Å². The standard InChI is InChI=1S/C16H24O6/c1-18-10-13-14(22-16(19-2,20-3)15(13)17)11-21-9-12-7-5-4-6-8-12/h4-8,13-15,17H,9-11H2,1-3H3/t13-,14-,15?/m1/s1. The lowest BCUT2D eigenvalue weighted by molar-refractivity contribution is -0.378. The quantitative estimate of drug-likeness (QED) is 0.727. The summed E-state index contributed by atoms with van der Waals surface area (Å²) in [6.45, 7) is 1.12. The first-order chi connectivity index (χ1) is 10.7. The lowest BCUT2D eigenvalue weighted by Crippen LogP contribution is -2.45. The maximum atomic E-state index is 10.4. The monoisotopic (exact) mass is 312 g/mol. The van der Waals surface area contributed by atoms with Crippen LogP contribution in [-0.4, -0.2) is 57.8 Å². The van der Waals surface area contributed by atoms with Crippen LogP contribution in [0.3, 0.4) is 0 Å². The van der Waals surface area contributed by atoms with Gasteiger partial charge in [-0.15, -0.1) is 0 Å². The van der Waals surface area contributed by atoms with Gasteiger partial charge in [-0.05, 0) is 5.56 Å². The van der Waals surface area contributed by atoms with Crippen LogP contribution >= 0.6 is 0 Å². The van der Waals surface area contributed by atoms with E-state index in [4.69, 9.17) is 23.7 Å². The van der Waals surface area contributed by atoms with Gasteiger partial charge < -0.3 is 28.8 Å². The summed E-state index contributed by atoms with van der Waals surface area (Å²) in [4.78, 5) is 0. The summed E-state index contributed by atoms with van der Waals surface area (Å²) in [5.41, 5.74) is 1.08. The molecule has 0 aromatic heterocycles. The molecule has 1 heterocycles. The summed E-state index contributed by atoms with van der Waals surface area (Å²) in [5, 5.41) is 10.4. The minimum atomic E-state index is -1.47. The van der Waals surface area contributed by atoms with Crippen LogP contribution in [0, 0.1) is 5.92 Å².